The van der Waals surface area contributed by atoms with Crippen LogP contribution in [0.1, 0.15) is 52.0 Å². The first-order chi connectivity index (χ1) is 9.90. The van der Waals surface area contributed by atoms with Crippen molar-refractivity contribution in [3.8, 4) is 0 Å². The fourth-order valence-electron chi connectivity index (χ4n) is 3.77. The van der Waals surface area contributed by atoms with Crippen LogP contribution in [0.3, 0.4) is 0 Å². The van der Waals surface area contributed by atoms with E-state index in [9.17, 15) is 0 Å². The molecule has 1 aliphatic carbocycles. The van der Waals surface area contributed by atoms with Crippen LogP contribution >= 0.6 is 0 Å². The Morgan fingerprint density at radius 1 is 1.29 bits per heavy atom. The van der Waals surface area contributed by atoms with Gasteiger partial charge in [-0.25, -0.2) is 4.98 Å². The Kier molecular flexibility index (Phi) is 5.26. The van der Waals surface area contributed by atoms with Gasteiger partial charge in [-0.3, -0.25) is 0 Å². The van der Waals surface area contributed by atoms with Crippen LogP contribution in [0.25, 0.3) is 0 Å². The van der Waals surface area contributed by atoms with Crippen LogP contribution < -0.4 is 11.1 Å². The van der Waals surface area contributed by atoms with Gasteiger partial charge >= 0.3 is 0 Å². The minimum absolute atomic E-state index is 0.458. The Balaban J connectivity index is 1.94. The molecular weight excluding hydrogens is 258 g/mol. The van der Waals surface area contributed by atoms with Crippen molar-refractivity contribution >= 4 is 5.82 Å². The van der Waals surface area contributed by atoms with Gasteiger partial charge in [-0.1, -0.05) is 20.8 Å². The molecule has 21 heavy (non-hydrogen) atoms. The molecule has 1 saturated carbocycles. The standard InChI is InChI=1S/C18H31N3/c1-18(2,3)15-7-5-14(6-8-15)16(20-4)11-13-9-10-21-17(19)12-13/h9-10,12,14-16,20H,5-8,11H2,1-4H3,(H2,19,21). The molecule has 1 atom stereocenters. The highest BCUT2D eigenvalue weighted by molar-refractivity contribution is 5.32. The van der Waals surface area contributed by atoms with Crippen LogP contribution in [0.4, 0.5) is 5.82 Å². The number of nitrogens with two attached hydrogens (primary N) is 1. The van der Waals surface area contributed by atoms with Crippen molar-refractivity contribution in [1.29, 1.82) is 0 Å². The third kappa shape index (κ3) is 4.44. The number of hydrogen-bond donors (Lipinski definition) is 2. The van der Waals surface area contributed by atoms with Gasteiger partial charge in [-0.2, -0.15) is 0 Å². The zero-order valence-electron chi connectivity index (χ0n) is 14.0. The Hall–Kier alpha value is -1.09. The van der Waals surface area contributed by atoms with E-state index in [1.54, 1.807) is 0 Å². The van der Waals surface area contributed by atoms with E-state index in [1.807, 2.05) is 12.3 Å². The van der Waals surface area contributed by atoms with Gasteiger partial charge in [0.15, 0.2) is 0 Å². The number of rotatable bonds is 4. The molecule has 1 aliphatic rings. The molecule has 3 N–H and O–H groups in total. The summed E-state index contributed by atoms with van der Waals surface area (Å²) in [5.41, 5.74) is 7.54. The van der Waals surface area contributed by atoms with Gasteiger partial charge in [-0.15, -0.1) is 0 Å². The summed E-state index contributed by atoms with van der Waals surface area (Å²) in [7, 11) is 2.09. The summed E-state index contributed by atoms with van der Waals surface area (Å²) in [6, 6.07) is 4.64. The first kappa shape index (κ1) is 16.3. The molecule has 1 aromatic heterocycles. The Morgan fingerprint density at radius 2 is 1.95 bits per heavy atom. The molecule has 0 spiro atoms. The minimum Gasteiger partial charge on any atom is -0.384 e. The lowest BCUT2D eigenvalue weighted by molar-refractivity contribution is 0.134. The lowest BCUT2D eigenvalue weighted by Gasteiger charge is -2.39. The van der Waals surface area contributed by atoms with Crippen LogP contribution in [0.2, 0.25) is 0 Å². The van der Waals surface area contributed by atoms with E-state index in [4.69, 9.17) is 5.73 Å². The van der Waals surface area contributed by atoms with Gasteiger partial charge in [-0.05, 0) is 74.1 Å². The van der Waals surface area contributed by atoms with E-state index < -0.39 is 0 Å². The molecule has 0 aromatic carbocycles. The fraction of sp³-hybridized carbons (Fsp3) is 0.722. The molecule has 1 aromatic rings. The molecule has 3 nitrogen and oxygen atoms in total. The number of likely N-dealkylation sites (N-methyl/N-ethyl adjacent to an activating group) is 1. The summed E-state index contributed by atoms with van der Waals surface area (Å²) in [6.45, 7) is 7.15. The van der Waals surface area contributed by atoms with Gasteiger partial charge in [0, 0.05) is 12.2 Å². The van der Waals surface area contributed by atoms with Crippen LogP contribution in [0.5, 0.6) is 0 Å². The molecule has 0 radical (unpaired) electrons. The minimum atomic E-state index is 0.458. The predicted molar refractivity (Wildman–Crippen MR) is 90.1 cm³/mol. The van der Waals surface area contributed by atoms with E-state index in [1.165, 1.54) is 31.2 Å². The maximum atomic E-state index is 5.79. The van der Waals surface area contributed by atoms with Crippen molar-refractivity contribution in [2.24, 2.45) is 17.3 Å². The largest absolute Gasteiger partial charge is 0.384 e. The Bertz CT molecular complexity index is 442. The van der Waals surface area contributed by atoms with E-state index in [0.29, 0.717) is 17.3 Å². The molecule has 3 heteroatoms. The van der Waals surface area contributed by atoms with Crippen molar-refractivity contribution in [1.82, 2.24) is 10.3 Å². The van der Waals surface area contributed by atoms with Crippen molar-refractivity contribution in [3.63, 3.8) is 0 Å². The van der Waals surface area contributed by atoms with E-state index in [-0.39, 0.29) is 0 Å². The quantitative estimate of drug-likeness (QED) is 0.889. The average Bonchev–Trinajstić information content (AvgIpc) is 2.44. The van der Waals surface area contributed by atoms with Crippen LogP contribution in [-0.4, -0.2) is 18.1 Å². The monoisotopic (exact) mass is 289 g/mol. The van der Waals surface area contributed by atoms with Gasteiger partial charge in [0.1, 0.15) is 5.82 Å². The van der Waals surface area contributed by atoms with Crippen LogP contribution in [0.15, 0.2) is 18.3 Å². The zero-order chi connectivity index (χ0) is 15.5. The summed E-state index contributed by atoms with van der Waals surface area (Å²) in [4.78, 5) is 4.08. The second kappa shape index (κ2) is 6.78. The number of hydrogen-bond acceptors (Lipinski definition) is 3. The van der Waals surface area contributed by atoms with Crippen LogP contribution in [-0.2, 0) is 6.42 Å². The topological polar surface area (TPSA) is 50.9 Å². The highest BCUT2D eigenvalue weighted by Gasteiger charge is 2.32. The average molecular weight is 289 g/mol. The summed E-state index contributed by atoms with van der Waals surface area (Å²) in [5, 5.41) is 3.53. The molecule has 0 aliphatic heterocycles. The van der Waals surface area contributed by atoms with Crippen molar-refractivity contribution < 1.29 is 0 Å². The molecular formula is C18H31N3. The van der Waals surface area contributed by atoms with Crippen molar-refractivity contribution in [2.75, 3.05) is 12.8 Å². The zero-order valence-corrected chi connectivity index (χ0v) is 14.0. The number of aromatic nitrogens is 1. The van der Waals surface area contributed by atoms with Gasteiger partial charge in [0.2, 0.25) is 0 Å². The highest BCUT2D eigenvalue weighted by Crippen LogP contribution is 2.41. The van der Waals surface area contributed by atoms with Crippen LogP contribution in [0, 0.1) is 17.3 Å². The third-order valence-electron chi connectivity index (χ3n) is 5.24. The summed E-state index contributed by atoms with van der Waals surface area (Å²) in [5.74, 6) is 2.28. The molecule has 1 heterocycles. The third-order valence-corrected chi connectivity index (χ3v) is 5.24. The second-order valence-corrected chi connectivity index (χ2v) is 7.67. The number of nitrogen functional groups attached to an aromatic ring is 1. The lowest BCUT2D eigenvalue weighted by atomic mass is 9.68. The molecule has 0 amide bonds. The molecule has 1 unspecified atom stereocenters. The SMILES string of the molecule is CNC(Cc1ccnc(N)c1)C1CCC(C(C)(C)C)CC1. The number of anilines is 1. The maximum absolute atomic E-state index is 5.79. The highest BCUT2D eigenvalue weighted by atomic mass is 14.9. The first-order valence-corrected chi connectivity index (χ1v) is 8.28. The molecule has 1 fully saturated rings. The molecule has 2 rings (SSSR count). The van der Waals surface area contributed by atoms with E-state index in [0.717, 1.165) is 18.3 Å². The smallest absolute Gasteiger partial charge is 0.123 e. The molecule has 0 saturated heterocycles. The van der Waals surface area contributed by atoms with Gasteiger partial charge < -0.3 is 11.1 Å². The second-order valence-electron chi connectivity index (χ2n) is 7.67. The molecule has 0 bridgehead atoms. The fourth-order valence-corrected chi connectivity index (χ4v) is 3.77. The number of pyridine rings is 1. The number of nitrogens with zero attached hydrogens (tertiary/aromatic N) is 1. The maximum Gasteiger partial charge on any atom is 0.123 e. The van der Waals surface area contributed by atoms with E-state index in [2.05, 4.69) is 44.2 Å². The summed E-state index contributed by atoms with van der Waals surface area (Å²) in [6.07, 6.45) is 8.28. The van der Waals surface area contributed by atoms with Crippen molar-refractivity contribution in [2.45, 2.75) is 58.9 Å². The Labute approximate surface area is 129 Å². The summed E-state index contributed by atoms with van der Waals surface area (Å²) >= 11 is 0. The number of nitrogens with one attached hydrogen (secondary N) is 1. The van der Waals surface area contributed by atoms with Gasteiger partial charge in [0.05, 0.1) is 0 Å². The first-order valence-electron chi connectivity index (χ1n) is 8.28. The predicted octanol–water partition coefficient (Wildman–Crippen LogP) is 3.65. The molecule has 118 valence electrons. The van der Waals surface area contributed by atoms with Crippen molar-refractivity contribution in [3.05, 3.63) is 23.9 Å². The van der Waals surface area contributed by atoms with Gasteiger partial charge in [0.25, 0.3) is 0 Å². The van der Waals surface area contributed by atoms with E-state index >= 15 is 0 Å². The normalized spacial score (nSPS) is 24.8. The Morgan fingerprint density at radius 3 is 2.48 bits per heavy atom. The summed E-state index contributed by atoms with van der Waals surface area (Å²) < 4.78 is 0. The lowest BCUT2D eigenvalue weighted by Crippen LogP contribution is -2.39.